The number of fused-ring (bicyclic) bond motifs is 1. The van der Waals surface area contributed by atoms with Crippen molar-refractivity contribution in [2.24, 2.45) is 0 Å². The number of hydrogen-bond donors (Lipinski definition) is 1. The molecule has 1 saturated heterocycles. The number of pyridine rings is 1. The average molecular weight is 369 g/mol. The van der Waals surface area contributed by atoms with Gasteiger partial charge < -0.3 is 10.2 Å². The van der Waals surface area contributed by atoms with Crippen LogP contribution in [0.5, 0.6) is 0 Å². The molecule has 0 bridgehead atoms. The number of nitrogens with one attached hydrogen (secondary N) is 1. The van der Waals surface area contributed by atoms with E-state index in [1.54, 1.807) is 0 Å². The summed E-state index contributed by atoms with van der Waals surface area (Å²) in [5.74, 6) is 0.00401. The SMILES string of the molecule is CCc1ccc2nc(C)cc(C(=O)NCCC(C)N3CCN(C)CC3)c2c1. The third-order valence-corrected chi connectivity index (χ3v) is 5.66. The second-order valence-electron chi connectivity index (χ2n) is 7.75. The molecule has 1 amide bonds. The van der Waals surface area contributed by atoms with Crippen molar-refractivity contribution >= 4 is 16.8 Å². The minimum atomic E-state index is 0.00401. The number of amides is 1. The van der Waals surface area contributed by atoms with Gasteiger partial charge in [-0.2, -0.15) is 0 Å². The van der Waals surface area contributed by atoms with Gasteiger partial charge in [-0.1, -0.05) is 13.0 Å². The molecule has 0 saturated carbocycles. The van der Waals surface area contributed by atoms with Gasteiger partial charge in [0, 0.05) is 49.8 Å². The van der Waals surface area contributed by atoms with Crippen molar-refractivity contribution < 1.29 is 4.79 Å². The second-order valence-corrected chi connectivity index (χ2v) is 7.75. The van der Waals surface area contributed by atoms with Gasteiger partial charge in [0.2, 0.25) is 0 Å². The van der Waals surface area contributed by atoms with Crippen molar-refractivity contribution in [3.05, 3.63) is 41.1 Å². The molecule has 0 aliphatic carbocycles. The van der Waals surface area contributed by atoms with Gasteiger partial charge in [0.15, 0.2) is 0 Å². The molecule has 1 aromatic heterocycles. The molecule has 1 aliphatic heterocycles. The number of carbonyl (C=O) groups is 1. The number of hydrogen-bond acceptors (Lipinski definition) is 4. The Balaban J connectivity index is 1.64. The van der Waals surface area contributed by atoms with Crippen LogP contribution in [0.2, 0.25) is 0 Å². The summed E-state index contributed by atoms with van der Waals surface area (Å²) in [7, 11) is 2.17. The number of aromatic nitrogens is 1. The zero-order chi connectivity index (χ0) is 19.4. The van der Waals surface area contributed by atoms with Gasteiger partial charge in [0.1, 0.15) is 0 Å². The lowest BCUT2D eigenvalue weighted by Crippen LogP contribution is -2.48. The fourth-order valence-electron chi connectivity index (χ4n) is 3.75. The Morgan fingerprint density at radius 2 is 1.96 bits per heavy atom. The number of aryl methyl sites for hydroxylation is 2. The zero-order valence-electron chi connectivity index (χ0n) is 17.1. The largest absolute Gasteiger partial charge is 0.352 e. The lowest BCUT2D eigenvalue weighted by molar-refractivity contribution is 0.0936. The minimum absolute atomic E-state index is 0.00401. The Morgan fingerprint density at radius 1 is 1.22 bits per heavy atom. The molecule has 1 aromatic carbocycles. The minimum Gasteiger partial charge on any atom is -0.352 e. The monoisotopic (exact) mass is 368 g/mol. The van der Waals surface area contributed by atoms with Crippen molar-refractivity contribution in [1.82, 2.24) is 20.1 Å². The van der Waals surface area contributed by atoms with Crippen LogP contribution in [0.15, 0.2) is 24.3 Å². The summed E-state index contributed by atoms with van der Waals surface area (Å²) in [6.45, 7) is 11.5. The van der Waals surface area contributed by atoms with Gasteiger partial charge in [0.25, 0.3) is 5.91 Å². The van der Waals surface area contributed by atoms with E-state index in [2.05, 4.69) is 53.1 Å². The average Bonchev–Trinajstić information content (AvgIpc) is 2.67. The number of benzene rings is 1. The molecule has 1 aliphatic rings. The first-order valence-corrected chi connectivity index (χ1v) is 10.1. The number of piperazine rings is 1. The molecule has 3 rings (SSSR count). The highest BCUT2D eigenvalue weighted by molar-refractivity contribution is 6.06. The van der Waals surface area contributed by atoms with E-state index in [1.165, 1.54) is 5.56 Å². The number of carbonyl (C=O) groups excluding carboxylic acids is 1. The van der Waals surface area contributed by atoms with E-state index in [0.29, 0.717) is 12.6 Å². The molecule has 2 aromatic rings. The predicted octanol–water partition coefficient (Wildman–Crippen LogP) is 2.86. The fourth-order valence-corrected chi connectivity index (χ4v) is 3.75. The first-order valence-electron chi connectivity index (χ1n) is 10.1. The smallest absolute Gasteiger partial charge is 0.252 e. The summed E-state index contributed by atoms with van der Waals surface area (Å²) >= 11 is 0. The topological polar surface area (TPSA) is 48.5 Å². The fraction of sp³-hybridized carbons (Fsp3) is 0.545. The third-order valence-electron chi connectivity index (χ3n) is 5.66. The summed E-state index contributed by atoms with van der Waals surface area (Å²) in [6.07, 6.45) is 1.92. The van der Waals surface area contributed by atoms with E-state index in [-0.39, 0.29) is 5.91 Å². The first-order chi connectivity index (χ1) is 13.0. The third kappa shape index (κ3) is 4.85. The first kappa shape index (κ1) is 19.8. The van der Waals surface area contributed by atoms with Crippen molar-refractivity contribution in [3.8, 4) is 0 Å². The van der Waals surface area contributed by atoms with Crippen molar-refractivity contribution in [2.45, 2.75) is 39.7 Å². The van der Waals surface area contributed by atoms with Gasteiger partial charge in [-0.15, -0.1) is 0 Å². The summed E-state index contributed by atoms with van der Waals surface area (Å²) in [5, 5.41) is 4.08. The molecule has 1 atom stereocenters. The highest BCUT2D eigenvalue weighted by atomic mass is 16.1. The molecule has 1 N–H and O–H groups in total. The van der Waals surface area contributed by atoms with Crippen molar-refractivity contribution in [2.75, 3.05) is 39.8 Å². The Kier molecular flexibility index (Phi) is 6.45. The molecule has 5 nitrogen and oxygen atoms in total. The van der Waals surface area contributed by atoms with Crippen LogP contribution < -0.4 is 5.32 Å². The molecule has 27 heavy (non-hydrogen) atoms. The van der Waals surface area contributed by atoms with Crippen molar-refractivity contribution in [1.29, 1.82) is 0 Å². The van der Waals surface area contributed by atoms with Gasteiger partial charge >= 0.3 is 0 Å². The zero-order valence-corrected chi connectivity index (χ0v) is 17.1. The molecule has 146 valence electrons. The van der Waals surface area contributed by atoms with Crippen molar-refractivity contribution in [3.63, 3.8) is 0 Å². The lowest BCUT2D eigenvalue weighted by Gasteiger charge is -2.36. The Bertz CT molecular complexity index is 796. The van der Waals surface area contributed by atoms with Crippen LogP contribution in [0.1, 0.15) is 41.9 Å². The number of nitrogens with zero attached hydrogens (tertiary/aromatic N) is 3. The second kappa shape index (κ2) is 8.81. The quantitative estimate of drug-likeness (QED) is 0.852. The van der Waals surface area contributed by atoms with Crippen LogP contribution in [0, 0.1) is 6.92 Å². The molecule has 0 spiro atoms. The Labute approximate surface area is 162 Å². The number of rotatable bonds is 6. The summed E-state index contributed by atoms with van der Waals surface area (Å²) in [6, 6.07) is 8.60. The molecule has 2 heterocycles. The maximum absolute atomic E-state index is 12.9. The van der Waals surface area contributed by atoms with Crippen LogP contribution in [0.4, 0.5) is 0 Å². The molecule has 1 unspecified atom stereocenters. The van der Waals surface area contributed by atoms with Gasteiger partial charge in [-0.05, 0) is 57.5 Å². The van der Waals surface area contributed by atoms with Crippen LogP contribution in [-0.4, -0.2) is 66.5 Å². The highest BCUT2D eigenvalue weighted by Crippen LogP contribution is 2.20. The highest BCUT2D eigenvalue weighted by Gasteiger charge is 2.19. The van der Waals surface area contributed by atoms with E-state index >= 15 is 0 Å². The normalized spacial score (nSPS) is 17.2. The molecular weight excluding hydrogens is 336 g/mol. The van der Waals surface area contributed by atoms with Crippen LogP contribution >= 0.6 is 0 Å². The van der Waals surface area contributed by atoms with Gasteiger partial charge in [0.05, 0.1) is 11.1 Å². The standard InChI is InChI=1S/C22H32N4O/c1-5-18-6-7-21-19(15-18)20(14-16(2)24-21)22(27)23-9-8-17(3)26-12-10-25(4)11-13-26/h6-7,14-15,17H,5,8-13H2,1-4H3,(H,23,27). The van der Waals surface area contributed by atoms with Gasteiger partial charge in [-0.25, -0.2) is 0 Å². The van der Waals surface area contributed by atoms with E-state index < -0.39 is 0 Å². The van der Waals surface area contributed by atoms with Crippen LogP contribution in [0.25, 0.3) is 10.9 Å². The lowest BCUT2D eigenvalue weighted by atomic mass is 10.0. The Morgan fingerprint density at radius 3 is 2.67 bits per heavy atom. The summed E-state index contributed by atoms with van der Waals surface area (Å²) in [5.41, 5.74) is 3.73. The maximum atomic E-state index is 12.9. The Hall–Kier alpha value is -1.98. The van der Waals surface area contributed by atoms with Crippen LogP contribution in [-0.2, 0) is 6.42 Å². The van der Waals surface area contributed by atoms with E-state index in [9.17, 15) is 4.79 Å². The maximum Gasteiger partial charge on any atom is 0.252 e. The van der Waals surface area contributed by atoms with Gasteiger partial charge in [-0.3, -0.25) is 14.7 Å². The molecule has 1 fully saturated rings. The van der Waals surface area contributed by atoms with E-state index in [1.807, 2.05) is 19.1 Å². The predicted molar refractivity (Wildman–Crippen MR) is 111 cm³/mol. The number of likely N-dealkylation sites (N-methyl/N-ethyl adjacent to an activating group) is 1. The molecule has 5 heteroatoms. The van der Waals surface area contributed by atoms with Crippen LogP contribution in [0.3, 0.4) is 0 Å². The van der Waals surface area contributed by atoms with E-state index in [4.69, 9.17) is 0 Å². The molecular formula is C22H32N4O. The summed E-state index contributed by atoms with van der Waals surface area (Å²) < 4.78 is 0. The molecule has 0 radical (unpaired) electrons. The summed E-state index contributed by atoms with van der Waals surface area (Å²) in [4.78, 5) is 22.3. The van der Waals surface area contributed by atoms with E-state index in [0.717, 1.165) is 61.2 Å².